The van der Waals surface area contributed by atoms with E-state index in [1.807, 2.05) is 97.1 Å². The van der Waals surface area contributed by atoms with Crippen molar-refractivity contribution in [1.29, 1.82) is 0 Å². The van der Waals surface area contributed by atoms with Crippen LogP contribution in [0.5, 0.6) is 11.5 Å². The van der Waals surface area contributed by atoms with Gasteiger partial charge in [0.15, 0.2) is 0 Å². The monoisotopic (exact) mass is 406 g/mol. The average molecular weight is 407 g/mol. The van der Waals surface area contributed by atoms with Gasteiger partial charge in [-0.25, -0.2) is 0 Å². The molecule has 8 N–H and O–H groups in total. The fraction of sp³-hybridized carbons (Fsp3) is 0. The number of benzene rings is 3. The molecule has 0 aliphatic carbocycles. The minimum Gasteiger partial charge on any atom is -0.457 e. The fourth-order valence-corrected chi connectivity index (χ4v) is 1.70. The van der Waals surface area contributed by atoms with Gasteiger partial charge in [0.1, 0.15) is 11.5 Å². The van der Waals surface area contributed by atoms with Gasteiger partial charge in [0, 0.05) is 0 Å². The van der Waals surface area contributed by atoms with Crippen LogP contribution in [0, 0.1) is 0 Å². The number of rotatable bonds is 3. The van der Waals surface area contributed by atoms with E-state index in [1.165, 1.54) is 5.56 Å². The summed E-state index contributed by atoms with van der Waals surface area (Å²) in [5.74, 6) is 1.74. The Morgan fingerprint density at radius 1 is 0.679 bits per heavy atom. The highest BCUT2D eigenvalue weighted by molar-refractivity contribution is 7.79. The van der Waals surface area contributed by atoms with Crippen LogP contribution in [0.2, 0.25) is 0 Å². The van der Waals surface area contributed by atoms with Crippen molar-refractivity contribution in [1.82, 2.24) is 12.3 Å². The number of ether oxygens (including phenoxy) is 1. The molecule has 0 aliphatic heterocycles. The van der Waals surface area contributed by atoms with E-state index >= 15 is 0 Å². The maximum absolute atomic E-state index is 8.74. The molecule has 0 unspecified atom stereocenters. The molecule has 0 saturated heterocycles. The average Bonchev–Trinajstić information content (AvgIpc) is 2.63. The summed E-state index contributed by atoms with van der Waals surface area (Å²) in [6, 6.07) is 29.5. The third-order valence-electron chi connectivity index (χ3n) is 2.76. The molecule has 0 spiro atoms. The molecule has 3 rings (SSSR count). The van der Waals surface area contributed by atoms with Gasteiger partial charge < -0.3 is 17.0 Å². The molecular weight excluding hydrogens is 380 g/mol. The van der Waals surface area contributed by atoms with Gasteiger partial charge in [0.05, 0.1) is 0 Å². The van der Waals surface area contributed by atoms with Gasteiger partial charge in [0.2, 0.25) is 0 Å². The Morgan fingerprint density at radius 2 is 0.964 bits per heavy atom. The van der Waals surface area contributed by atoms with Crippen LogP contribution in [0.25, 0.3) is 6.08 Å². The summed E-state index contributed by atoms with van der Waals surface area (Å²) in [4.78, 5) is 0. The second-order valence-electron chi connectivity index (χ2n) is 4.79. The quantitative estimate of drug-likeness (QED) is 0.420. The van der Waals surface area contributed by atoms with Gasteiger partial charge >= 0.3 is 10.4 Å². The van der Waals surface area contributed by atoms with E-state index in [9.17, 15) is 0 Å². The van der Waals surface area contributed by atoms with Gasteiger partial charge in [-0.3, -0.25) is 9.11 Å². The number of hydrogen-bond donors (Lipinski definition) is 4. The van der Waals surface area contributed by atoms with Gasteiger partial charge in [-0.05, 0) is 29.8 Å². The molecule has 28 heavy (non-hydrogen) atoms. The van der Waals surface area contributed by atoms with Crippen LogP contribution in [-0.4, -0.2) is 17.5 Å². The normalized spacial score (nSPS) is 8.93. The Bertz CT molecular complexity index is 813. The van der Waals surface area contributed by atoms with Crippen LogP contribution in [0.3, 0.4) is 0 Å². The topological polar surface area (TPSA) is 154 Å². The maximum atomic E-state index is 8.74. The summed E-state index contributed by atoms with van der Waals surface area (Å²) in [6.07, 6.45) is 1.83. The Balaban J connectivity index is 0. The van der Waals surface area contributed by atoms with Crippen molar-refractivity contribution in [2.75, 3.05) is 0 Å². The second kappa shape index (κ2) is 15.1. The second-order valence-corrected chi connectivity index (χ2v) is 5.69. The summed E-state index contributed by atoms with van der Waals surface area (Å²) in [5, 5.41) is 0. The van der Waals surface area contributed by atoms with Crippen LogP contribution >= 0.6 is 0 Å². The number of hydrogen-bond acceptors (Lipinski definition) is 5. The van der Waals surface area contributed by atoms with E-state index in [-0.39, 0.29) is 12.3 Å². The first-order valence-corrected chi connectivity index (χ1v) is 8.93. The highest BCUT2D eigenvalue weighted by Crippen LogP contribution is 2.19. The van der Waals surface area contributed by atoms with E-state index in [2.05, 4.69) is 6.58 Å². The molecule has 8 heteroatoms. The molecule has 0 saturated carbocycles. The molecule has 3 aromatic rings. The van der Waals surface area contributed by atoms with Gasteiger partial charge in [-0.15, -0.1) is 0 Å². The predicted octanol–water partition coefficient (Wildman–Crippen LogP) is 5.48. The smallest absolute Gasteiger partial charge is 0.394 e. The van der Waals surface area contributed by atoms with E-state index in [0.717, 1.165) is 11.5 Å². The van der Waals surface area contributed by atoms with E-state index in [4.69, 9.17) is 22.3 Å². The molecule has 7 nitrogen and oxygen atoms in total. The van der Waals surface area contributed by atoms with Crippen molar-refractivity contribution in [3.05, 3.63) is 103 Å². The number of para-hydroxylation sites is 2. The highest BCUT2D eigenvalue weighted by Gasteiger charge is 1.92. The zero-order valence-electron chi connectivity index (χ0n) is 15.4. The third kappa shape index (κ3) is 15.3. The Hall–Kier alpha value is -3.01. The summed E-state index contributed by atoms with van der Waals surface area (Å²) in [7, 11) is -4.67. The summed E-state index contributed by atoms with van der Waals surface area (Å²) < 4.78 is 37.2. The minimum absolute atomic E-state index is 0. The minimum atomic E-state index is -4.67. The molecule has 0 radical (unpaired) electrons. The lowest BCUT2D eigenvalue weighted by Crippen LogP contribution is -1.89. The zero-order valence-corrected chi connectivity index (χ0v) is 16.2. The maximum Gasteiger partial charge on any atom is 0.394 e. The largest absolute Gasteiger partial charge is 0.457 e. The zero-order chi connectivity index (χ0) is 19.3. The summed E-state index contributed by atoms with van der Waals surface area (Å²) >= 11 is 0. The molecular formula is C20H26N2O5S. The Labute approximate surface area is 166 Å². The predicted molar refractivity (Wildman–Crippen MR) is 114 cm³/mol. The van der Waals surface area contributed by atoms with Crippen LogP contribution in [0.1, 0.15) is 5.56 Å². The van der Waals surface area contributed by atoms with E-state index in [0.29, 0.717) is 0 Å². The van der Waals surface area contributed by atoms with Crippen molar-refractivity contribution < 1.29 is 22.3 Å². The molecule has 3 aromatic carbocycles. The molecule has 0 fully saturated rings. The third-order valence-corrected chi connectivity index (χ3v) is 2.76. The van der Waals surface area contributed by atoms with Crippen molar-refractivity contribution in [3.63, 3.8) is 0 Å². The molecule has 0 amide bonds. The SMILES string of the molecule is C=Cc1ccccc1.N.N.O=S(=O)(O)O.c1ccc(Oc2ccccc2)cc1. The fourth-order valence-electron chi connectivity index (χ4n) is 1.70. The van der Waals surface area contributed by atoms with E-state index < -0.39 is 10.4 Å². The molecule has 0 heterocycles. The summed E-state index contributed by atoms with van der Waals surface area (Å²) in [5.41, 5.74) is 1.17. The van der Waals surface area contributed by atoms with Crippen molar-refractivity contribution >= 4 is 16.5 Å². The van der Waals surface area contributed by atoms with Crippen molar-refractivity contribution in [2.45, 2.75) is 0 Å². The lowest BCUT2D eigenvalue weighted by atomic mass is 10.2. The first-order valence-electron chi connectivity index (χ1n) is 7.54. The lowest BCUT2D eigenvalue weighted by molar-refractivity contribution is 0.381. The molecule has 152 valence electrons. The van der Waals surface area contributed by atoms with E-state index in [1.54, 1.807) is 0 Å². The Morgan fingerprint density at radius 3 is 1.21 bits per heavy atom. The van der Waals surface area contributed by atoms with Crippen LogP contribution in [0.4, 0.5) is 0 Å². The first kappa shape index (κ1) is 27.2. The standard InChI is InChI=1S/C12H10O.C8H8.2H3N.H2O4S/c1-3-7-11(8-4-1)13-12-9-5-2-6-10-12;1-2-8-6-4-3-5-7-8;;;1-5(2,3)4/h1-10H;2-7H,1H2;2*1H3;(H2,1,2,3,4). The molecule has 0 bridgehead atoms. The summed E-state index contributed by atoms with van der Waals surface area (Å²) in [6.45, 7) is 3.63. The molecule has 0 aromatic heterocycles. The van der Waals surface area contributed by atoms with Crippen LogP contribution in [0.15, 0.2) is 97.6 Å². The lowest BCUT2D eigenvalue weighted by Gasteiger charge is -2.03. The van der Waals surface area contributed by atoms with Crippen molar-refractivity contribution in [3.8, 4) is 11.5 Å². The van der Waals surface area contributed by atoms with Crippen molar-refractivity contribution in [2.24, 2.45) is 0 Å². The van der Waals surface area contributed by atoms with Gasteiger partial charge in [0.25, 0.3) is 0 Å². The van der Waals surface area contributed by atoms with Gasteiger partial charge in [-0.1, -0.05) is 79.4 Å². The Kier molecular flexibility index (Phi) is 14.7. The van der Waals surface area contributed by atoms with Crippen LogP contribution < -0.4 is 17.0 Å². The van der Waals surface area contributed by atoms with Gasteiger partial charge in [-0.2, -0.15) is 8.42 Å². The molecule has 0 aliphatic rings. The molecule has 0 atom stereocenters. The van der Waals surface area contributed by atoms with Crippen LogP contribution in [-0.2, 0) is 10.4 Å². The highest BCUT2D eigenvalue weighted by atomic mass is 32.3. The first-order chi connectivity index (χ1) is 12.4.